The Kier molecular flexibility index (Phi) is 7.17. The smallest absolute Gasteiger partial charge is 0.215 e. The van der Waals surface area contributed by atoms with E-state index < -0.39 is 9.04 Å². The topological polar surface area (TPSA) is 42.4 Å². The fourth-order valence-corrected chi connectivity index (χ4v) is 4.24. The van der Waals surface area contributed by atoms with Crippen LogP contribution < -0.4 is 0 Å². The highest BCUT2D eigenvalue weighted by Crippen LogP contribution is 2.29. The lowest BCUT2D eigenvalue weighted by molar-refractivity contribution is 0.0873. The summed E-state index contributed by atoms with van der Waals surface area (Å²) in [6.07, 6.45) is 4.31. The van der Waals surface area contributed by atoms with Crippen LogP contribution >= 0.6 is 11.3 Å². The minimum absolute atomic E-state index is 0.0375. The molecule has 0 N–H and O–H groups in total. The van der Waals surface area contributed by atoms with Crippen molar-refractivity contribution in [3.8, 4) is 0 Å². The molecule has 0 saturated carbocycles. The Morgan fingerprint density at radius 3 is 2.48 bits per heavy atom. The standard InChI is InChI=1S/C17H30N2O2SSi/c1-12-14(11-15(17(2,3)4)21-23(7)8)22-16(18-12)13(20)9-10-19(5)6/h9-10,15,23H,11H2,1-8H3. The second-order valence-corrected chi connectivity index (χ2v) is 10.9. The first kappa shape index (κ1) is 20.1. The normalized spacial score (nSPS) is 13.8. The number of ketones is 1. The largest absolute Gasteiger partial charge is 0.417 e. The second-order valence-electron chi connectivity index (χ2n) is 7.41. The first-order valence-corrected chi connectivity index (χ1v) is 11.6. The summed E-state index contributed by atoms with van der Waals surface area (Å²) in [4.78, 5) is 19.6. The molecule has 0 aliphatic carbocycles. The predicted molar refractivity (Wildman–Crippen MR) is 101 cm³/mol. The summed E-state index contributed by atoms with van der Waals surface area (Å²) < 4.78 is 6.23. The van der Waals surface area contributed by atoms with Gasteiger partial charge in [-0.1, -0.05) is 20.8 Å². The van der Waals surface area contributed by atoms with Gasteiger partial charge in [0, 0.05) is 37.7 Å². The van der Waals surface area contributed by atoms with Crippen LogP contribution in [0.3, 0.4) is 0 Å². The van der Waals surface area contributed by atoms with Gasteiger partial charge in [-0.3, -0.25) is 4.79 Å². The van der Waals surface area contributed by atoms with Gasteiger partial charge in [0.05, 0.1) is 11.8 Å². The number of thiazole rings is 1. The van der Waals surface area contributed by atoms with Crippen molar-refractivity contribution in [3.63, 3.8) is 0 Å². The third kappa shape index (κ3) is 6.57. The van der Waals surface area contributed by atoms with Gasteiger partial charge in [-0.15, -0.1) is 11.3 Å². The van der Waals surface area contributed by atoms with Crippen LogP contribution in [0.1, 0.15) is 41.1 Å². The molecule has 6 heteroatoms. The van der Waals surface area contributed by atoms with E-state index in [4.69, 9.17) is 4.43 Å². The SMILES string of the molecule is Cc1nc(C(=O)C=CN(C)C)sc1CC(O[SiH](C)C)C(C)(C)C. The van der Waals surface area contributed by atoms with Gasteiger partial charge in [0.2, 0.25) is 5.78 Å². The molecule has 1 aromatic heterocycles. The number of hydrogen-bond acceptors (Lipinski definition) is 5. The molecular weight excluding hydrogens is 324 g/mol. The molecule has 0 bridgehead atoms. The average Bonchev–Trinajstić information content (AvgIpc) is 2.75. The van der Waals surface area contributed by atoms with E-state index in [1.54, 1.807) is 12.3 Å². The Morgan fingerprint density at radius 2 is 2.00 bits per heavy atom. The summed E-state index contributed by atoms with van der Waals surface area (Å²) in [5.41, 5.74) is 1.02. The second kappa shape index (κ2) is 8.21. The van der Waals surface area contributed by atoms with Gasteiger partial charge in [-0.2, -0.15) is 0 Å². The summed E-state index contributed by atoms with van der Waals surface area (Å²) >= 11 is 1.50. The zero-order valence-electron chi connectivity index (χ0n) is 15.6. The third-order valence-corrected chi connectivity index (χ3v) is 5.47. The lowest BCUT2D eigenvalue weighted by Crippen LogP contribution is -2.35. The third-order valence-electron chi connectivity index (χ3n) is 3.40. The van der Waals surface area contributed by atoms with Crippen LogP contribution in [-0.4, -0.2) is 44.9 Å². The predicted octanol–water partition coefficient (Wildman–Crippen LogP) is 3.67. The van der Waals surface area contributed by atoms with Gasteiger partial charge in [0.15, 0.2) is 14.0 Å². The molecule has 130 valence electrons. The fraction of sp³-hybridized carbons (Fsp3) is 0.647. The minimum atomic E-state index is -1.12. The Morgan fingerprint density at radius 1 is 1.39 bits per heavy atom. The maximum Gasteiger partial charge on any atom is 0.215 e. The molecular formula is C17H30N2O2SSi. The monoisotopic (exact) mass is 354 g/mol. The number of carbonyl (C=O) groups is 1. The summed E-state index contributed by atoms with van der Waals surface area (Å²) in [5.74, 6) is -0.0375. The Bertz CT molecular complexity index is 559. The van der Waals surface area contributed by atoms with E-state index in [0.29, 0.717) is 5.01 Å². The quantitative estimate of drug-likeness (QED) is 0.426. The molecule has 1 heterocycles. The van der Waals surface area contributed by atoms with Crippen molar-refractivity contribution in [2.24, 2.45) is 5.41 Å². The van der Waals surface area contributed by atoms with Crippen LogP contribution in [0.4, 0.5) is 0 Å². The van der Waals surface area contributed by atoms with Crippen LogP contribution in [0.5, 0.6) is 0 Å². The van der Waals surface area contributed by atoms with Gasteiger partial charge >= 0.3 is 0 Å². The van der Waals surface area contributed by atoms with E-state index in [0.717, 1.165) is 17.0 Å². The fourth-order valence-electron chi connectivity index (χ4n) is 2.07. The number of hydrogen-bond donors (Lipinski definition) is 0. The van der Waals surface area contributed by atoms with Crippen molar-refractivity contribution in [3.05, 3.63) is 27.9 Å². The molecule has 0 saturated heterocycles. The van der Waals surface area contributed by atoms with Crippen LogP contribution in [0, 0.1) is 12.3 Å². The number of rotatable bonds is 7. The van der Waals surface area contributed by atoms with Gasteiger partial charge < -0.3 is 9.33 Å². The summed E-state index contributed by atoms with van der Waals surface area (Å²) in [5, 5.41) is 0.560. The number of nitrogens with zero attached hydrogens (tertiary/aromatic N) is 2. The zero-order chi connectivity index (χ0) is 17.8. The molecule has 1 unspecified atom stereocenters. The van der Waals surface area contributed by atoms with Crippen molar-refractivity contribution in [2.75, 3.05) is 14.1 Å². The van der Waals surface area contributed by atoms with E-state index in [1.807, 2.05) is 25.9 Å². The van der Waals surface area contributed by atoms with Gasteiger partial charge in [-0.05, 0) is 25.4 Å². The molecule has 0 spiro atoms. The Labute approximate surface area is 146 Å². The van der Waals surface area contributed by atoms with Gasteiger partial charge in [0.25, 0.3) is 0 Å². The molecule has 4 nitrogen and oxygen atoms in total. The van der Waals surface area contributed by atoms with Crippen LogP contribution in [-0.2, 0) is 10.8 Å². The first-order valence-electron chi connectivity index (χ1n) is 8.01. The molecule has 1 atom stereocenters. The van der Waals surface area contributed by atoms with E-state index in [2.05, 4.69) is 38.8 Å². The first-order chi connectivity index (χ1) is 10.5. The highest BCUT2D eigenvalue weighted by Gasteiger charge is 2.28. The molecule has 1 aromatic rings. The van der Waals surface area contributed by atoms with Crippen LogP contribution in [0.25, 0.3) is 0 Å². The molecule has 0 aromatic carbocycles. The molecule has 0 radical (unpaired) electrons. The van der Waals surface area contributed by atoms with Crippen molar-refractivity contribution < 1.29 is 9.22 Å². The maximum atomic E-state index is 12.2. The van der Waals surface area contributed by atoms with Crippen molar-refractivity contribution in [1.82, 2.24) is 9.88 Å². The van der Waals surface area contributed by atoms with Crippen LogP contribution in [0.15, 0.2) is 12.3 Å². The molecule has 23 heavy (non-hydrogen) atoms. The van der Waals surface area contributed by atoms with Crippen molar-refractivity contribution >= 4 is 26.2 Å². The molecule has 0 amide bonds. The zero-order valence-corrected chi connectivity index (χ0v) is 17.6. The van der Waals surface area contributed by atoms with Gasteiger partial charge in [0.1, 0.15) is 0 Å². The number of aromatic nitrogens is 1. The van der Waals surface area contributed by atoms with Crippen molar-refractivity contribution in [2.45, 2.75) is 53.3 Å². The van der Waals surface area contributed by atoms with Gasteiger partial charge in [-0.25, -0.2) is 4.98 Å². The van der Waals surface area contributed by atoms with Crippen molar-refractivity contribution in [1.29, 1.82) is 0 Å². The van der Waals surface area contributed by atoms with E-state index in [-0.39, 0.29) is 17.3 Å². The Balaban J connectivity index is 2.94. The lowest BCUT2D eigenvalue weighted by Gasteiger charge is -2.32. The average molecular weight is 355 g/mol. The Hall–Kier alpha value is -0.983. The van der Waals surface area contributed by atoms with E-state index in [9.17, 15) is 4.79 Å². The minimum Gasteiger partial charge on any atom is -0.417 e. The highest BCUT2D eigenvalue weighted by molar-refractivity contribution is 7.13. The molecule has 0 fully saturated rings. The number of allylic oxidation sites excluding steroid dienone is 1. The van der Waals surface area contributed by atoms with Crippen LogP contribution in [0.2, 0.25) is 13.1 Å². The molecule has 0 aliphatic rings. The highest BCUT2D eigenvalue weighted by atomic mass is 32.1. The molecule has 1 rings (SSSR count). The molecule has 0 aliphatic heterocycles. The summed E-state index contributed by atoms with van der Waals surface area (Å²) in [6.45, 7) is 13.0. The summed E-state index contributed by atoms with van der Waals surface area (Å²) in [6, 6.07) is 0. The summed E-state index contributed by atoms with van der Waals surface area (Å²) in [7, 11) is 2.66. The maximum absolute atomic E-state index is 12.2. The number of carbonyl (C=O) groups excluding carboxylic acids is 1. The van der Waals surface area contributed by atoms with E-state index >= 15 is 0 Å². The van der Waals surface area contributed by atoms with E-state index in [1.165, 1.54) is 11.3 Å². The number of aryl methyl sites for hydroxylation is 1. The lowest BCUT2D eigenvalue weighted by atomic mass is 9.87.